The number of aromatic nitrogens is 2. The second kappa shape index (κ2) is 7.55. The first-order chi connectivity index (χ1) is 11.7. The number of hydrogen-bond acceptors (Lipinski definition) is 4. The summed E-state index contributed by atoms with van der Waals surface area (Å²) in [6.07, 6.45) is 1.55. The summed E-state index contributed by atoms with van der Waals surface area (Å²) in [4.78, 5) is 16.4. The Morgan fingerprint density at radius 3 is 2.75 bits per heavy atom. The largest absolute Gasteiger partial charge is 0.461 e. The monoisotopic (exact) mass is 358 g/mol. The van der Waals surface area contributed by atoms with Gasteiger partial charge in [0.05, 0.1) is 16.8 Å². The van der Waals surface area contributed by atoms with Crippen LogP contribution >= 0.6 is 23.4 Å². The van der Waals surface area contributed by atoms with Crippen molar-refractivity contribution in [1.82, 2.24) is 9.55 Å². The standard InChI is InChI=1S/C18H15ClN2O2S/c1-2-11-23-17(22)12-24-18-20-15-5-3-4-6-16(15)21(18)14-9-7-13(19)8-10-14/h2-10H,1,11-12H2. The summed E-state index contributed by atoms with van der Waals surface area (Å²) in [6.45, 7) is 3.74. The Hall–Kier alpha value is -2.24. The van der Waals surface area contributed by atoms with E-state index in [0.29, 0.717) is 5.02 Å². The van der Waals surface area contributed by atoms with Crippen LogP contribution in [0.1, 0.15) is 0 Å². The van der Waals surface area contributed by atoms with Gasteiger partial charge in [-0.3, -0.25) is 9.36 Å². The summed E-state index contributed by atoms with van der Waals surface area (Å²) in [5.74, 6) is -0.111. The van der Waals surface area contributed by atoms with Crippen molar-refractivity contribution in [2.75, 3.05) is 12.4 Å². The Balaban J connectivity index is 1.94. The molecule has 122 valence electrons. The average molecular weight is 359 g/mol. The quantitative estimate of drug-likeness (QED) is 0.369. The summed E-state index contributed by atoms with van der Waals surface area (Å²) >= 11 is 7.32. The number of benzene rings is 2. The Labute approximate surface area is 149 Å². The number of rotatable bonds is 6. The molecule has 0 bridgehead atoms. The van der Waals surface area contributed by atoms with Crippen molar-refractivity contribution in [2.45, 2.75) is 5.16 Å². The number of carbonyl (C=O) groups excluding carboxylic acids is 1. The van der Waals surface area contributed by atoms with Crippen molar-refractivity contribution in [2.24, 2.45) is 0 Å². The third kappa shape index (κ3) is 3.63. The van der Waals surface area contributed by atoms with Gasteiger partial charge in [0.25, 0.3) is 0 Å². The summed E-state index contributed by atoms with van der Waals surface area (Å²) in [5, 5.41) is 1.40. The van der Waals surface area contributed by atoms with Gasteiger partial charge in [0, 0.05) is 10.7 Å². The van der Waals surface area contributed by atoms with Gasteiger partial charge in [-0.25, -0.2) is 4.98 Å². The molecule has 0 spiro atoms. The number of para-hydroxylation sites is 2. The molecule has 0 radical (unpaired) electrons. The van der Waals surface area contributed by atoms with Gasteiger partial charge in [0.2, 0.25) is 0 Å². The average Bonchev–Trinajstić information content (AvgIpc) is 2.97. The molecular formula is C18H15ClN2O2S. The maximum atomic E-state index is 11.7. The fourth-order valence-corrected chi connectivity index (χ4v) is 3.21. The molecule has 0 amide bonds. The van der Waals surface area contributed by atoms with Gasteiger partial charge >= 0.3 is 5.97 Å². The molecule has 0 unspecified atom stereocenters. The van der Waals surface area contributed by atoms with Crippen LogP contribution in [0.5, 0.6) is 0 Å². The highest BCUT2D eigenvalue weighted by atomic mass is 35.5. The number of fused-ring (bicyclic) bond motifs is 1. The molecule has 0 aliphatic carbocycles. The molecule has 3 aromatic rings. The van der Waals surface area contributed by atoms with E-state index in [1.807, 2.05) is 53.1 Å². The van der Waals surface area contributed by atoms with Crippen LogP contribution in [0.2, 0.25) is 5.02 Å². The van der Waals surface area contributed by atoms with Gasteiger partial charge in [0.1, 0.15) is 6.61 Å². The topological polar surface area (TPSA) is 44.1 Å². The van der Waals surface area contributed by atoms with Crippen molar-refractivity contribution < 1.29 is 9.53 Å². The molecule has 1 aromatic heterocycles. The van der Waals surface area contributed by atoms with E-state index in [4.69, 9.17) is 16.3 Å². The van der Waals surface area contributed by atoms with Crippen molar-refractivity contribution in [3.63, 3.8) is 0 Å². The summed E-state index contributed by atoms with van der Waals surface area (Å²) < 4.78 is 7.03. The van der Waals surface area contributed by atoms with Crippen LogP contribution in [0.4, 0.5) is 0 Å². The van der Waals surface area contributed by atoms with Gasteiger partial charge in [-0.15, -0.1) is 0 Å². The second-order valence-electron chi connectivity index (χ2n) is 4.96. The fraction of sp³-hybridized carbons (Fsp3) is 0.111. The fourth-order valence-electron chi connectivity index (χ4n) is 2.26. The van der Waals surface area contributed by atoms with Gasteiger partial charge in [-0.05, 0) is 36.4 Å². The molecule has 0 aliphatic rings. The van der Waals surface area contributed by atoms with Crippen LogP contribution in [0.3, 0.4) is 0 Å². The zero-order chi connectivity index (χ0) is 16.9. The molecule has 6 heteroatoms. The molecule has 24 heavy (non-hydrogen) atoms. The highest BCUT2D eigenvalue weighted by molar-refractivity contribution is 7.99. The van der Waals surface area contributed by atoms with E-state index in [-0.39, 0.29) is 18.3 Å². The number of hydrogen-bond donors (Lipinski definition) is 0. The lowest BCUT2D eigenvalue weighted by Crippen LogP contribution is -2.08. The Morgan fingerprint density at radius 2 is 2.00 bits per heavy atom. The zero-order valence-electron chi connectivity index (χ0n) is 12.8. The molecule has 4 nitrogen and oxygen atoms in total. The predicted molar refractivity (Wildman–Crippen MR) is 98.0 cm³/mol. The molecule has 0 saturated carbocycles. The lowest BCUT2D eigenvalue weighted by Gasteiger charge is -2.09. The van der Waals surface area contributed by atoms with Crippen LogP contribution in [-0.2, 0) is 9.53 Å². The minimum Gasteiger partial charge on any atom is -0.461 e. The van der Waals surface area contributed by atoms with Crippen molar-refractivity contribution in [1.29, 1.82) is 0 Å². The van der Waals surface area contributed by atoms with Crippen LogP contribution in [0, 0.1) is 0 Å². The molecule has 0 fully saturated rings. The number of thioether (sulfide) groups is 1. The number of ether oxygens (including phenoxy) is 1. The van der Waals surface area contributed by atoms with Crippen molar-refractivity contribution >= 4 is 40.4 Å². The molecule has 0 atom stereocenters. The molecule has 3 rings (SSSR count). The summed E-state index contributed by atoms with van der Waals surface area (Å²) in [6, 6.07) is 15.4. The Bertz CT molecular complexity index is 874. The lowest BCUT2D eigenvalue weighted by molar-refractivity contribution is -0.139. The smallest absolute Gasteiger partial charge is 0.316 e. The van der Waals surface area contributed by atoms with E-state index in [1.165, 1.54) is 11.8 Å². The second-order valence-corrected chi connectivity index (χ2v) is 6.33. The first-order valence-corrected chi connectivity index (χ1v) is 8.68. The van der Waals surface area contributed by atoms with Gasteiger partial charge < -0.3 is 4.74 Å². The van der Waals surface area contributed by atoms with E-state index in [2.05, 4.69) is 11.6 Å². The normalized spacial score (nSPS) is 10.7. The van der Waals surface area contributed by atoms with E-state index >= 15 is 0 Å². The van der Waals surface area contributed by atoms with E-state index in [9.17, 15) is 4.79 Å². The maximum absolute atomic E-state index is 11.7. The summed E-state index contributed by atoms with van der Waals surface area (Å²) in [5.41, 5.74) is 2.78. The first-order valence-electron chi connectivity index (χ1n) is 7.32. The van der Waals surface area contributed by atoms with Gasteiger partial charge in [-0.1, -0.05) is 48.2 Å². The zero-order valence-corrected chi connectivity index (χ0v) is 14.4. The molecule has 0 N–H and O–H groups in total. The molecule has 0 aliphatic heterocycles. The van der Waals surface area contributed by atoms with Crippen molar-refractivity contribution in [3.8, 4) is 5.69 Å². The van der Waals surface area contributed by atoms with Crippen LogP contribution < -0.4 is 0 Å². The molecule has 1 heterocycles. The van der Waals surface area contributed by atoms with Crippen LogP contribution in [0.25, 0.3) is 16.7 Å². The lowest BCUT2D eigenvalue weighted by atomic mass is 10.3. The number of nitrogens with zero attached hydrogens (tertiary/aromatic N) is 2. The molecule has 0 saturated heterocycles. The van der Waals surface area contributed by atoms with Crippen LogP contribution in [-0.4, -0.2) is 27.9 Å². The predicted octanol–water partition coefficient (Wildman–Crippen LogP) is 4.50. The Morgan fingerprint density at radius 1 is 1.25 bits per heavy atom. The van der Waals surface area contributed by atoms with E-state index < -0.39 is 0 Å². The highest BCUT2D eigenvalue weighted by Crippen LogP contribution is 2.28. The third-order valence-corrected chi connectivity index (χ3v) is 4.46. The minimum absolute atomic E-state index is 0.185. The molecule has 2 aromatic carbocycles. The number of carbonyl (C=O) groups is 1. The van der Waals surface area contributed by atoms with Gasteiger partial charge in [0.15, 0.2) is 5.16 Å². The number of imidazole rings is 1. The number of esters is 1. The summed E-state index contributed by atoms with van der Waals surface area (Å²) in [7, 11) is 0. The first kappa shape index (κ1) is 16.6. The Kier molecular flexibility index (Phi) is 5.23. The minimum atomic E-state index is -0.297. The SMILES string of the molecule is C=CCOC(=O)CSc1nc2ccccc2n1-c1ccc(Cl)cc1. The maximum Gasteiger partial charge on any atom is 0.316 e. The third-order valence-electron chi connectivity index (χ3n) is 3.30. The van der Waals surface area contributed by atoms with Crippen LogP contribution in [0.15, 0.2) is 66.3 Å². The number of halogens is 1. The van der Waals surface area contributed by atoms with E-state index in [0.717, 1.165) is 21.9 Å². The highest BCUT2D eigenvalue weighted by Gasteiger charge is 2.14. The van der Waals surface area contributed by atoms with Gasteiger partial charge in [-0.2, -0.15) is 0 Å². The molecular weight excluding hydrogens is 344 g/mol. The van der Waals surface area contributed by atoms with Crippen molar-refractivity contribution in [3.05, 3.63) is 66.2 Å². The van der Waals surface area contributed by atoms with E-state index in [1.54, 1.807) is 6.08 Å².